The molecule has 0 aliphatic heterocycles. The molecule has 0 bridgehead atoms. The minimum atomic E-state index is -0.873. The molecule has 0 spiro atoms. The summed E-state index contributed by atoms with van der Waals surface area (Å²) in [6, 6.07) is 4.89. The number of aliphatic carboxylic acids is 1. The Morgan fingerprint density at radius 1 is 1.56 bits per heavy atom. The van der Waals surface area contributed by atoms with Crippen LogP contribution in [0.25, 0.3) is 0 Å². The molecule has 1 atom stereocenters. The van der Waals surface area contributed by atoms with E-state index in [9.17, 15) is 14.9 Å². The minimum Gasteiger partial charge on any atom is -0.481 e. The number of nitrogens with one attached hydrogen (secondary N) is 1. The van der Waals surface area contributed by atoms with Gasteiger partial charge in [-0.3, -0.25) is 14.9 Å². The Bertz CT molecular complexity index is 459. The molecule has 0 fully saturated rings. The monoisotopic (exact) mass is 252 g/mol. The summed E-state index contributed by atoms with van der Waals surface area (Å²) in [6.07, 6.45) is 0.453. The van der Waals surface area contributed by atoms with Crippen LogP contribution in [0.3, 0.4) is 0 Å². The number of nitrogens with zero attached hydrogens (tertiary/aromatic N) is 1. The van der Waals surface area contributed by atoms with Crippen molar-refractivity contribution >= 4 is 17.3 Å². The molecule has 0 aliphatic rings. The second kappa shape index (κ2) is 6.00. The highest BCUT2D eigenvalue weighted by Gasteiger charge is 2.18. The molecule has 1 unspecified atom stereocenters. The van der Waals surface area contributed by atoms with Crippen molar-refractivity contribution in [1.82, 2.24) is 0 Å². The molecule has 0 saturated carbocycles. The average Bonchev–Trinajstić information content (AvgIpc) is 2.26. The number of benzene rings is 1. The molecule has 2 N–H and O–H groups in total. The van der Waals surface area contributed by atoms with Crippen molar-refractivity contribution in [2.45, 2.75) is 32.7 Å². The van der Waals surface area contributed by atoms with E-state index in [-0.39, 0.29) is 18.2 Å². The lowest BCUT2D eigenvalue weighted by atomic mass is 10.1. The number of hydrogen-bond acceptors (Lipinski definition) is 4. The highest BCUT2D eigenvalue weighted by Crippen LogP contribution is 2.28. The number of aryl methyl sites for hydroxylation is 1. The summed E-state index contributed by atoms with van der Waals surface area (Å²) in [7, 11) is 0. The first kappa shape index (κ1) is 14.0. The molecule has 1 aromatic rings. The Hall–Kier alpha value is -2.11. The molecule has 0 aliphatic carbocycles. The second-order valence-corrected chi connectivity index (χ2v) is 4.21. The molecular weight excluding hydrogens is 236 g/mol. The van der Waals surface area contributed by atoms with Crippen LogP contribution in [0, 0.1) is 17.0 Å². The summed E-state index contributed by atoms with van der Waals surface area (Å²) in [6.45, 7) is 3.47. The lowest BCUT2D eigenvalue weighted by Gasteiger charge is -2.14. The summed E-state index contributed by atoms with van der Waals surface area (Å²) in [5.74, 6) is -0.873. The lowest BCUT2D eigenvalue weighted by Crippen LogP contribution is -2.17. The van der Waals surface area contributed by atoms with Crippen LogP contribution in [0.15, 0.2) is 18.2 Å². The van der Waals surface area contributed by atoms with Crippen LogP contribution in [0.1, 0.15) is 25.3 Å². The molecule has 6 nitrogen and oxygen atoms in total. The predicted molar refractivity (Wildman–Crippen MR) is 67.8 cm³/mol. The maximum absolute atomic E-state index is 11.0. The number of para-hydroxylation sites is 1. The lowest BCUT2D eigenvalue weighted by molar-refractivity contribution is -0.384. The average molecular weight is 252 g/mol. The van der Waals surface area contributed by atoms with Gasteiger partial charge in [0.2, 0.25) is 0 Å². The first-order valence-electron chi connectivity index (χ1n) is 5.64. The van der Waals surface area contributed by atoms with Crippen molar-refractivity contribution in [3.05, 3.63) is 33.9 Å². The van der Waals surface area contributed by atoms with Crippen LogP contribution in [0.4, 0.5) is 11.4 Å². The van der Waals surface area contributed by atoms with Crippen LogP contribution in [0.2, 0.25) is 0 Å². The molecule has 0 heterocycles. The van der Waals surface area contributed by atoms with Crippen LogP contribution >= 0.6 is 0 Å². The van der Waals surface area contributed by atoms with E-state index in [4.69, 9.17) is 5.11 Å². The third-order valence-corrected chi connectivity index (χ3v) is 2.61. The van der Waals surface area contributed by atoms with Gasteiger partial charge in [0.05, 0.1) is 4.92 Å². The number of carbonyl (C=O) groups is 1. The summed E-state index contributed by atoms with van der Waals surface area (Å²) < 4.78 is 0. The van der Waals surface area contributed by atoms with Crippen molar-refractivity contribution in [3.8, 4) is 0 Å². The van der Waals surface area contributed by atoms with Gasteiger partial charge in [-0.2, -0.15) is 0 Å². The maximum atomic E-state index is 11.0. The molecule has 0 aromatic heterocycles. The molecule has 0 saturated heterocycles. The SMILES string of the molecule is Cc1cccc(NC(C)CCC(=O)O)c1[N+](=O)[O-]. The van der Waals surface area contributed by atoms with Crippen LogP contribution in [-0.4, -0.2) is 22.0 Å². The van der Waals surface area contributed by atoms with Crippen molar-refractivity contribution < 1.29 is 14.8 Å². The molecule has 18 heavy (non-hydrogen) atoms. The topological polar surface area (TPSA) is 92.5 Å². The van der Waals surface area contributed by atoms with E-state index in [0.29, 0.717) is 17.7 Å². The van der Waals surface area contributed by atoms with Crippen LogP contribution in [0.5, 0.6) is 0 Å². The molecule has 6 heteroatoms. The Balaban J connectivity index is 2.81. The molecule has 1 rings (SSSR count). The van der Waals surface area contributed by atoms with Gasteiger partial charge in [0.25, 0.3) is 5.69 Å². The van der Waals surface area contributed by atoms with Gasteiger partial charge in [0.1, 0.15) is 5.69 Å². The van der Waals surface area contributed by atoms with E-state index >= 15 is 0 Å². The molecule has 1 aromatic carbocycles. The second-order valence-electron chi connectivity index (χ2n) is 4.21. The number of carboxylic acids is 1. The zero-order chi connectivity index (χ0) is 13.7. The Labute approximate surface area is 105 Å². The predicted octanol–water partition coefficient (Wildman–Crippen LogP) is 2.57. The molecule has 0 radical (unpaired) electrons. The summed E-state index contributed by atoms with van der Waals surface area (Å²) in [5.41, 5.74) is 1.05. The summed E-state index contributed by atoms with van der Waals surface area (Å²) in [5, 5.41) is 22.5. The fourth-order valence-electron chi connectivity index (χ4n) is 1.70. The van der Waals surface area contributed by atoms with E-state index < -0.39 is 10.9 Å². The van der Waals surface area contributed by atoms with E-state index in [1.807, 2.05) is 0 Å². The number of nitro benzene ring substituents is 1. The fourth-order valence-corrected chi connectivity index (χ4v) is 1.70. The number of hydrogen-bond donors (Lipinski definition) is 2. The first-order chi connectivity index (χ1) is 8.41. The van der Waals surface area contributed by atoms with Gasteiger partial charge < -0.3 is 10.4 Å². The third-order valence-electron chi connectivity index (χ3n) is 2.61. The minimum absolute atomic E-state index is 0.0355. The highest BCUT2D eigenvalue weighted by atomic mass is 16.6. The molecule has 98 valence electrons. The Morgan fingerprint density at radius 3 is 2.78 bits per heavy atom. The quantitative estimate of drug-likeness (QED) is 0.599. The fraction of sp³-hybridized carbons (Fsp3) is 0.417. The van der Waals surface area contributed by atoms with E-state index in [1.165, 1.54) is 0 Å². The van der Waals surface area contributed by atoms with Gasteiger partial charge in [-0.25, -0.2) is 0 Å². The van der Waals surface area contributed by atoms with Crippen molar-refractivity contribution in [2.75, 3.05) is 5.32 Å². The van der Waals surface area contributed by atoms with Gasteiger partial charge in [0.15, 0.2) is 0 Å². The van der Waals surface area contributed by atoms with Gasteiger partial charge in [-0.15, -0.1) is 0 Å². The van der Waals surface area contributed by atoms with Gasteiger partial charge >= 0.3 is 5.97 Å². The maximum Gasteiger partial charge on any atom is 0.303 e. The highest BCUT2D eigenvalue weighted by molar-refractivity contribution is 5.67. The largest absolute Gasteiger partial charge is 0.481 e. The summed E-state index contributed by atoms with van der Waals surface area (Å²) in [4.78, 5) is 21.0. The zero-order valence-corrected chi connectivity index (χ0v) is 10.3. The number of anilines is 1. The van der Waals surface area contributed by atoms with Crippen molar-refractivity contribution in [1.29, 1.82) is 0 Å². The van der Waals surface area contributed by atoms with Crippen molar-refractivity contribution in [3.63, 3.8) is 0 Å². The molecule has 0 amide bonds. The molecular formula is C12H16N2O4. The van der Waals surface area contributed by atoms with Crippen molar-refractivity contribution in [2.24, 2.45) is 0 Å². The van der Waals surface area contributed by atoms with Gasteiger partial charge in [-0.1, -0.05) is 12.1 Å². The zero-order valence-electron chi connectivity index (χ0n) is 10.3. The standard InChI is InChI=1S/C12H16N2O4/c1-8-4-3-5-10(12(8)14(17)18)13-9(2)6-7-11(15)16/h3-5,9,13H,6-7H2,1-2H3,(H,15,16). The van der Waals surface area contributed by atoms with E-state index in [0.717, 1.165) is 0 Å². The Morgan fingerprint density at radius 2 is 2.22 bits per heavy atom. The van der Waals surface area contributed by atoms with Crippen LogP contribution < -0.4 is 5.32 Å². The number of rotatable bonds is 6. The van der Waals surface area contributed by atoms with E-state index in [1.54, 1.807) is 32.0 Å². The van der Waals surface area contributed by atoms with Crippen LogP contribution in [-0.2, 0) is 4.79 Å². The first-order valence-corrected chi connectivity index (χ1v) is 5.64. The summed E-state index contributed by atoms with van der Waals surface area (Å²) >= 11 is 0. The smallest absolute Gasteiger partial charge is 0.303 e. The normalized spacial score (nSPS) is 11.9. The van der Waals surface area contributed by atoms with Gasteiger partial charge in [0, 0.05) is 18.0 Å². The van der Waals surface area contributed by atoms with E-state index in [2.05, 4.69) is 5.32 Å². The number of nitro groups is 1. The number of carboxylic acid groups (broad SMARTS) is 1. The third kappa shape index (κ3) is 3.73. The Kier molecular flexibility index (Phi) is 4.65. The van der Waals surface area contributed by atoms with Gasteiger partial charge in [-0.05, 0) is 26.3 Å².